The highest BCUT2D eigenvalue weighted by Gasteiger charge is 2.43. The summed E-state index contributed by atoms with van der Waals surface area (Å²) in [4.78, 5) is 20.2. The molecule has 0 spiro atoms. The fourth-order valence-electron chi connectivity index (χ4n) is 4.12. The topological polar surface area (TPSA) is 57.8 Å². The predicted octanol–water partition coefficient (Wildman–Crippen LogP) is 5.14. The van der Waals surface area contributed by atoms with Gasteiger partial charge in [0, 0.05) is 5.92 Å². The summed E-state index contributed by atoms with van der Waals surface area (Å²) in [6, 6.07) is 14.7. The Labute approximate surface area is 166 Å². The summed E-state index contributed by atoms with van der Waals surface area (Å²) < 4.78 is 39.4. The summed E-state index contributed by atoms with van der Waals surface area (Å²) in [7, 11) is 0. The van der Waals surface area contributed by atoms with E-state index in [-0.39, 0.29) is 18.7 Å². The minimum absolute atomic E-state index is 0.103. The zero-order valence-electron chi connectivity index (χ0n) is 15.7. The minimum Gasteiger partial charge on any atom is -0.345 e. The number of alkyl halides is 3. The first-order valence-electron chi connectivity index (χ1n) is 9.77. The zero-order chi connectivity index (χ0) is 20.4. The van der Waals surface area contributed by atoms with Crippen LogP contribution in [0.5, 0.6) is 0 Å². The van der Waals surface area contributed by atoms with Gasteiger partial charge in [-0.05, 0) is 42.5 Å². The number of hydrogen-bond acceptors (Lipinski definition) is 2. The van der Waals surface area contributed by atoms with Crippen molar-refractivity contribution in [2.24, 2.45) is 11.8 Å². The molecule has 1 aliphatic rings. The minimum atomic E-state index is -4.25. The smallest absolute Gasteiger partial charge is 0.345 e. The van der Waals surface area contributed by atoms with Crippen LogP contribution in [-0.2, 0) is 4.79 Å². The predicted molar refractivity (Wildman–Crippen MR) is 104 cm³/mol. The van der Waals surface area contributed by atoms with Crippen LogP contribution in [0.1, 0.15) is 42.9 Å². The molecule has 4 rings (SSSR count). The van der Waals surface area contributed by atoms with E-state index >= 15 is 0 Å². The molecule has 29 heavy (non-hydrogen) atoms. The van der Waals surface area contributed by atoms with E-state index in [0.717, 1.165) is 22.2 Å². The van der Waals surface area contributed by atoms with Gasteiger partial charge in [-0.3, -0.25) is 4.79 Å². The van der Waals surface area contributed by atoms with E-state index in [2.05, 4.69) is 15.3 Å². The zero-order valence-corrected chi connectivity index (χ0v) is 15.7. The van der Waals surface area contributed by atoms with Gasteiger partial charge in [-0.15, -0.1) is 0 Å². The van der Waals surface area contributed by atoms with E-state index in [1.165, 1.54) is 0 Å². The molecule has 2 N–H and O–H groups in total. The standard InChI is InChI=1S/C22H22F3N3O/c23-22(24,25)17-8-4-7-16(11-17)21(29)28-20(14-5-2-1-3-6-14)15-9-10-18-19(12-15)27-13-26-18/h1-3,5-6,9-10,12-13,16-17,20H,4,7-8,11H2,(H,26,27)(H,28,29). The normalized spacial score (nSPS) is 21.1. The van der Waals surface area contributed by atoms with Gasteiger partial charge in [-0.2, -0.15) is 13.2 Å². The van der Waals surface area contributed by atoms with Crippen LogP contribution >= 0.6 is 0 Å². The fourth-order valence-corrected chi connectivity index (χ4v) is 4.12. The Morgan fingerprint density at radius 2 is 1.90 bits per heavy atom. The second-order valence-electron chi connectivity index (χ2n) is 7.63. The Kier molecular flexibility index (Phi) is 5.30. The van der Waals surface area contributed by atoms with Gasteiger partial charge in [0.05, 0.1) is 29.3 Å². The maximum absolute atomic E-state index is 13.1. The van der Waals surface area contributed by atoms with Crippen molar-refractivity contribution in [3.63, 3.8) is 0 Å². The lowest BCUT2D eigenvalue weighted by molar-refractivity contribution is -0.186. The fraction of sp³-hybridized carbons (Fsp3) is 0.364. The number of fused-ring (bicyclic) bond motifs is 1. The lowest BCUT2D eigenvalue weighted by atomic mass is 9.80. The van der Waals surface area contributed by atoms with Gasteiger partial charge in [0.15, 0.2) is 0 Å². The molecule has 1 aliphatic carbocycles. The summed E-state index contributed by atoms with van der Waals surface area (Å²) in [6.45, 7) is 0. The third-order valence-electron chi connectivity index (χ3n) is 5.71. The molecule has 4 nitrogen and oxygen atoms in total. The van der Waals surface area contributed by atoms with E-state index < -0.39 is 24.1 Å². The van der Waals surface area contributed by atoms with Crippen LogP contribution in [0.15, 0.2) is 54.9 Å². The molecule has 0 aliphatic heterocycles. The number of hydrogen-bond donors (Lipinski definition) is 2. The SMILES string of the molecule is O=C(NC(c1ccccc1)c1ccc2nc[nH]c2c1)C1CCCC(C(F)(F)F)C1. The van der Waals surface area contributed by atoms with Crippen molar-refractivity contribution in [2.75, 3.05) is 0 Å². The molecule has 0 radical (unpaired) electrons. The van der Waals surface area contributed by atoms with Gasteiger partial charge in [-0.25, -0.2) is 4.98 Å². The summed E-state index contributed by atoms with van der Waals surface area (Å²) in [5.41, 5.74) is 3.38. The Balaban J connectivity index is 1.59. The van der Waals surface area contributed by atoms with E-state index in [0.29, 0.717) is 12.8 Å². The highest BCUT2D eigenvalue weighted by atomic mass is 19.4. The monoisotopic (exact) mass is 401 g/mol. The van der Waals surface area contributed by atoms with Crippen LogP contribution in [0.3, 0.4) is 0 Å². The Bertz CT molecular complexity index is 984. The van der Waals surface area contributed by atoms with Gasteiger partial charge < -0.3 is 10.3 Å². The van der Waals surface area contributed by atoms with Gasteiger partial charge in [0.1, 0.15) is 0 Å². The maximum Gasteiger partial charge on any atom is 0.391 e. The van der Waals surface area contributed by atoms with Crippen molar-refractivity contribution < 1.29 is 18.0 Å². The Morgan fingerprint density at radius 3 is 2.66 bits per heavy atom. The summed E-state index contributed by atoms with van der Waals surface area (Å²) in [5, 5.41) is 3.01. The molecule has 7 heteroatoms. The van der Waals surface area contributed by atoms with Crippen molar-refractivity contribution in [1.29, 1.82) is 0 Å². The quantitative estimate of drug-likeness (QED) is 0.636. The molecule has 1 fully saturated rings. The van der Waals surface area contributed by atoms with Crippen molar-refractivity contribution in [2.45, 2.75) is 37.9 Å². The Hall–Kier alpha value is -2.83. The molecule has 1 aromatic heterocycles. The van der Waals surface area contributed by atoms with E-state index in [1.54, 1.807) is 6.33 Å². The van der Waals surface area contributed by atoms with Gasteiger partial charge >= 0.3 is 6.18 Å². The van der Waals surface area contributed by atoms with Crippen molar-refractivity contribution in [3.8, 4) is 0 Å². The summed E-state index contributed by atoms with van der Waals surface area (Å²) in [5.74, 6) is -2.35. The molecular weight excluding hydrogens is 379 g/mol. The molecule has 0 bridgehead atoms. The second kappa shape index (κ2) is 7.89. The molecular formula is C22H22F3N3O. The highest BCUT2D eigenvalue weighted by Crippen LogP contribution is 2.40. The van der Waals surface area contributed by atoms with E-state index in [1.807, 2.05) is 48.5 Å². The second-order valence-corrected chi connectivity index (χ2v) is 7.63. The van der Waals surface area contributed by atoms with E-state index in [4.69, 9.17) is 0 Å². The molecule has 152 valence electrons. The summed E-state index contributed by atoms with van der Waals surface area (Å²) >= 11 is 0. The van der Waals surface area contributed by atoms with E-state index in [9.17, 15) is 18.0 Å². The van der Waals surface area contributed by atoms with Gasteiger partial charge in [0.2, 0.25) is 5.91 Å². The highest BCUT2D eigenvalue weighted by molar-refractivity contribution is 5.80. The average molecular weight is 401 g/mol. The largest absolute Gasteiger partial charge is 0.391 e. The molecule has 2 aromatic carbocycles. The number of imidazole rings is 1. The molecule has 3 unspecified atom stereocenters. The number of benzene rings is 2. The molecule has 3 aromatic rings. The third-order valence-corrected chi connectivity index (χ3v) is 5.71. The first kappa shape index (κ1) is 19.5. The number of carbonyl (C=O) groups is 1. The number of nitrogens with zero attached hydrogens (tertiary/aromatic N) is 1. The molecule has 0 saturated heterocycles. The number of halogens is 3. The lowest BCUT2D eigenvalue weighted by Crippen LogP contribution is -2.39. The Morgan fingerprint density at radius 1 is 1.10 bits per heavy atom. The average Bonchev–Trinajstić information content (AvgIpc) is 3.20. The molecule has 3 atom stereocenters. The van der Waals surface area contributed by atoms with Crippen LogP contribution in [0.25, 0.3) is 11.0 Å². The number of nitrogens with one attached hydrogen (secondary N) is 2. The summed E-state index contributed by atoms with van der Waals surface area (Å²) in [6.07, 6.45) is -1.78. The number of H-pyrrole nitrogens is 1. The van der Waals surface area contributed by atoms with Gasteiger partial charge in [-0.1, -0.05) is 42.8 Å². The maximum atomic E-state index is 13.1. The number of carbonyl (C=O) groups excluding carboxylic acids is 1. The first-order chi connectivity index (χ1) is 13.9. The van der Waals surface area contributed by atoms with Crippen LogP contribution in [0.2, 0.25) is 0 Å². The lowest BCUT2D eigenvalue weighted by Gasteiger charge is -2.31. The van der Waals surface area contributed by atoms with Crippen LogP contribution in [0.4, 0.5) is 13.2 Å². The molecule has 1 heterocycles. The third kappa shape index (κ3) is 4.28. The first-order valence-corrected chi connectivity index (χ1v) is 9.77. The molecule has 1 saturated carbocycles. The van der Waals surface area contributed by atoms with Crippen molar-refractivity contribution in [1.82, 2.24) is 15.3 Å². The van der Waals surface area contributed by atoms with Crippen LogP contribution in [-0.4, -0.2) is 22.1 Å². The van der Waals surface area contributed by atoms with Crippen molar-refractivity contribution in [3.05, 3.63) is 66.0 Å². The van der Waals surface area contributed by atoms with Crippen LogP contribution < -0.4 is 5.32 Å². The number of rotatable bonds is 4. The van der Waals surface area contributed by atoms with Crippen LogP contribution in [0, 0.1) is 11.8 Å². The molecule has 1 amide bonds. The van der Waals surface area contributed by atoms with Crippen molar-refractivity contribution >= 4 is 16.9 Å². The van der Waals surface area contributed by atoms with Gasteiger partial charge in [0.25, 0.3) is 0 Å². The number of aromatic nitrogens is 2. The number of aromatic amines is 1. The number of amides is 1.